The molecule has 0 aliphatic carbocycles. The van der Waals surface area contributed by atoms with Crippen LogP contribution in [0.15, 0.2) is 22.8 Å². The monoisotopic (exact) mass is 226 g/mol. The number of benzene rings is 1. The average molecular weight is 227 g/mol. The number of aromatic nitrogens is 2. The van der Waals surface area contributed by atoms with Crippen LogP contribution >= 0.6 is 15.9 Å². The Labute approximate surface area is 77.9 Å². The van der Waals surface area contributed by atoms with E-state index >= 15 is 0 Å². The molecule has 3 nitrogen and oxygen atoms in total. The van der Waals surface area contributed by atoms with Crippen LogP contribution in [0.25, 0.3) is 10.9 Å². The maximum absolute atomic E-state index is 5.06. The second kappa shape index (κ2) is 2.79. The smallest absolute Gasteiger partial charge is 0.121 e. The Balaban J connectivity index is 2.69. The summed E-state index contributed by atoms with van der Waals surface area (Å²) in [6, 6.07) is 5.75. The molecule has 2 rings (SSSR count). The summed E-state index contributed by atoms with van der Waals surface area (Å²) in [5.41, 5.74) is 0.904. The fraction of sp³-hybridized carbons (Fsp3) is 0.125. The minimum absolute atomic E-state index is 0.821. The number of hydrogen-bond acceptors (Lipinski definition) is 2. The molecule has 0 fully saturated rings. The highest BCUT2D eigenvalue weighted by Gasteiger charge is 2.02. The molecule has 0 atom stereocenters. The van der Waals surface area contributed by atoms with Gasteiger partial charge in [0.25, 0.3) is 0 Å². The standard InChI is InChI=1S/C8H7BrN2O/c1-12-5-2-3-6-7(4-5)10-11-8(6)9/h2-4H,1H3,(H,10,11). The number of nitrogens with one attached hydrogen (secondary N) is 1. The molecule has 2 aromatic rings. The van der Waals surface area contributed by atoms with Gasteiger partial charge in [0.15, 0.2) is 0 Å². The van der Waals surface area contributed by atoms with Gasteiger partial charge in [0, 0.05) is 11.5 Å². The zero-order valence-electron chi connectivity index (χ0n) is 6.47. The lowest BCUT2D eigenvalue weighted by Crippen LogP contribution is -1.80. The van der Waals surface area contributed by atoms with E-state index in [2.05, 4.69) is 26.1 Å². The van der Waals surface area contributed by atoms with E-state index in [0.29, 0.717) is 0 Å². The lowest BCUT2D eigenvalue weighted by atomic mass is 10.2. The fourth-order valence-corrected chi connectivity index (χ4v) is 1.51. The first kappa shape index (κ1) is 7.61. The van der Waals surface area contributed by atoms with Gasteiger partial charge >= 0.3 is 0 Å². The molecule has 0 amide bonds. The van der Waals surface area contributed by atoms with E-state index in [0.717, 1.165) is 21.3 Å². The van der Waals surface area contributed by atoms with Crippen molar-refractivity contribution in [3.05, 3.63) is 22.8 Å². The quantitative estimate of drug-likeness (QED) is 0.811. The lowest BCUT2D eigenvalue weighted by Gasteiger charge is -1.96. The summed E-state index contributed by atoms with van der Waals surface area (Å²) in [6.07, 6.45) is 0. The number of aromatic amines is 1. The van der Waals surface area contributed by atoms with Gasteiger partial charge in [0.1, 0.15) is 10.4 Å². The summed E-state index contributed by atoms with van der Waals surface area (Å²) in [6.45, 7) is 0. The minimum Gasteiger partial charge on any atom is -0.497 e. The van der Waals surface area contributed by atoms with E-state index in [4.69, 9.17) is 4.74 Å². The van der Waals surface area contributed by atoms with Gasteiger partial charge in [-0.3, -0.25) is 5.10 Å². The summed E-state index contributed by atoms with van der Waals surface area (Å²) in [5.74, 6) is 0.821. The molecule has 0 spiro atoms. The topological polar surface area (TPSA) is 37.9 Å². The second-order valence-electron chi connectivity index (χ2n) is 2.42. The van der Waals surface area contributed by atoms with E-state index in [1.165, 1.54) is 0 Å². The van der Waals surface area contributed by atoms with Crippen molar-refractivity contribution in [2.24, 2.45) is 0 Å². The molecule has 0 bridgehead atoms. The highest BCUT2D eigenvalue weighted by Crippen LogP contribution is 2.24. The van der Waals surface area contributed by atoms with Gasteiger partial charge in [-0.05, 0) is 28.1 Å². The molecule has 0 unspecified atom stereocenters. The highest BCUT2D eigenvalue weighted by atomic mass is 79.9. The van der Waals surface area contributed by atoms with Crippen molar-refractivity contribution in [2.75, 3.05) is 7.11 Å². The average Bonchev–Trinajstić information content (AvgIpc) is 2.47. The maximum atomic E-state index is 5.06. The van der Waals surface area contributed by atoms with Crippen LogP contribution in [0.5, 0.6) is 5.75 Å². The molecule has 0 saturated carbocycles. The lowest BCUT2D eigenvalue weighted by molar-refractivity contribution is 0.415. The first-order valence-electron chi connectivity index (χ1n) is 3.49. The van der Waals surface area contributed by atoms with E-state index in [1.807, 2.05) is 18.2 Å². The largest absolute Gasteiger partial charge is 0.497 e. The number of halogens is 1. The molecule has 0 saturated heterocycles. The SMILES string of the molecule is COc1ccc2c(Br)[nH]nc2c1. The van der Waals surface area contributed by atoms with Crippen LogP contribution in [0.3, 0.4) is 0 Å². The molecule has 1 N–H and O–H groups in total. The maximum Gasteiger partial charge on any atom is 0.121 e. The molecular formula is C8H7BrN2O. The van der Waals surface area contributed by atoms with Crippen molar-refractivity contribution < 1.29 is 4.74 Å². The van der Waals surface area contributed by atoms with E-state index in [-0.39, 0.29) is 0 Å². The third kappa shape index (κ3) is 1.08. The summed E-state index contributed by atoms with van der Waals surface area (Å²) >= 11 is 3.35. The Morgan fingerprint density at radius 2 is 2.33 bits per heavy atom. The number of rotatable bonds is 1. The Bertz CT molecular complexity index is 410. The number of fused-ring (bicyclic) bond motifs is 1. The van der Waals surface area contributed by atoms with Crippen molar-refractivity contribution in [3.63, 3.8) is 0 Å². The van der Waals surface area contributed by atoms with Crippen LogP contribution in [0.4, 0.5) is 0 Å². The number of H-pyrrole nitrogens is 1. The predicted molar refractivity (Wildman–Crippen MR) is 50.3 cm³/mol. The molecule has 1 aromatic carbocycles. The first-order chi connectivity index (χ1) is 5.81. The van der Waals surface area contributed by atoms with Gasteiger partial charge < -0.3 is 4.74 Å². The van der Waals surface area contributed by atoms with Gasteiger partial charge in [-0.25, -0.2) is 0 Å². The normalized spacial score (nSPS) is 10.5. The zero-order valence-corrected chi connectivity index (χ0v) is 8.05. The van der Waals surface area contributed by atoms with Crippen molar-refractivity contribution in [1.29, 1.82) is 0 Å². The predicted octanol–water partition coefficient (Wildman–Crippen LogP) is 2.33. The molecule has 0 radical (unpaired) electrons. The molecule has 12 heavy (non-hydrogen) atoms. The Hall–Kier alpha value is -1.03. The van der Waals surface area contributed by atoms with Crippen LogP contribution in [0, 0.1) is 0 Å². The van der Waals surface area contributed by atoms with Crippen molar-refractivity contribution in [1.82, 2.24) is 10.2 Å². The molecule has 1 heterocycles. The van der Waals surface area contributed by atoms with E-state index in [1.54, 1.807) is 7.11 Å². The second-order valence-corrected chi connectivity index (χ2v) is 3.21. The van der Waals surface area contributed by atoms with Crippen LogP contribution in [-0.2, 0) is 0 Å². The van der Waals surface area contributed by atoms with Crippen molar-refractivity contribution in [2.45, 2.75) is 0 Å². The third-order valence-electron chi connectivity index (χ3n) is 1.72. The number of ether oxygens (including phenoxy) is 1. The van der Waals surface area contributed by atoms with Crippen molar-refractivity contribution in [3.8, 4) is 5.75 Å². The van der Waals surface area contributed by atoms with Crippen molar-refractivity contribution >= 4 is 26.8 Å². The molecule has 0 aliphatic heterocycles. The molecule has 4 heteroatoms. The summed E-state index contributed by atoms with van der Waals surface area (Å²) in [7, 11) is 1.64. The van der Waals surface area contributed by atoms with Gasteiger partial charge in [0.2, 0.25) is 0 Å². The Kier molecular flexibility index (Phi) is 1.77. The number of hydrogen-bond donors (Lipinski definition) is 1. The Morgan fingerprint density at radius 3 is 3.08 bits per heavy atom. The van der Waals surface area contributed by atoms with Crippen LogP contribution in [0.2, 0.25) is 0 Å². The van der Waals surface area contributed by atoms with Crippen LogP contribution in [-0.4, -0.2) is 17.3 Å². The molecular weight excluding hydrogens is 220 g/mol. The number of nitrogens with zero attached hydrogens (tertiary/aromatic N) is 1. The van der Waals surface area contributed by atoms with Gasteiger partial charge in [0.05, 0.1) is 12.6 Å². The highest BCUT2D eigenvalue weighted by molar-refractivity contribution is 9.10. The number of methoxy groups -OCH3 is 1. The molecule has 1 aromatic heterocycles. The molecule has 0 aliphatic rings. The first-order valence-corrected chi connectivity index (χ1v) is 4.28. The molecule has 62 valence electrons. The fourth-order valence-electron chi connectivity index (χ4n) is 1.09. The van der Waals surface area contributed by atoms with E-state index in [9.17, 15) is 0 Å². The summed E-state index contributed by atoms with van der Waals surface area (Å²) in [4.78, 5) is 0. The van der Waals surface area contributed by atoms with Gasteiger partial charge in [-0.15, -0.1) is 0 Å². The van der Waals surface area contributed by atoms with Crippen LogP contribution in [0.1, 0.15) is 0 Å². The summed E-state index contributed by atoms with van der Waals surface area (Å²) < 4.78 is 5.97. The van der Waals surface area contributed by atoms with Gasteiger partial charge in [-0.1, -0.05) is 0 Å². The zero-order chi connectivity index (χ0) is 8.55. The minimum atomic E-state index is 0.821. The third-order valence-corrected chi connectivity index (χ3v) is 2.32. The Morgan fingerprint density at radius 1 is 1.50 bits per heavy atom. The van der Waals surface area contributed by atoms with Crippen LogP contribution < -0.4 is 4.74 Å². The summed E-state index contributed by atoms with van der Waals surface area (Å²) in [5, 5.41) is 7.98. The van der Waals surface area contributed by atoms with E-state index < -0.39 is 0 Å². The van der Waals surface area contributed by atoms with Gasteiger partial charge in [-0.2, -0.15) is 5.10 Å².